The first-order chi connectivity index (χ1) is 21.9. The fourth-order valence-electron chi connectivity index (χ4n) is 5.67. The molecule has 5 rings (SSSR count). The van der Waals surface area contributed by atoms with Gasteiger partial charge in [0.05, 0.1) is 56.2 Å². The number of pyridine rings is 1. The minimum Gasteiger partial charge on any atom is -0.481 e. The summed E-state index contributed by atoms with van der Waals surface area (Å²) in [5, 5.41) is 33.8. The highest BCUT2D eigenvalue weighted by molar-refractivity contribution is 5.88. The molecule has 46 heavy (non-hydrogen) atoms. The molecule has 1 amide bonds. The largest absolute Gasteiger partial charge is 0.481 e. The first-order valence-electron chi connectivity index (χ1n) is 14.9. The molecule has 0 aromatic carbocycles. The molecule has 3 aliphatic heterocycles. The monoisotopic (exact) mass is 645 g/mol. The number of fused-ring (bicyclic) bond motifs is 1. The van der Waals surface area contributed by atoms with Crippen molar-refractivity contribution in [1.82, 2.24) is 19.9 Å². The Morgan fingerprint density at radius 3 is 2.30 bits per heavy atom. The van der Waals surface area contributed by atoms with Crippen LogP contribution < -0.4 is 14.4 Å². The van der Waals surface area contributed by atoms with Crippen LogP contribution in [0.15, 0.2) is 18.6 Å². The first kappa shape index (κ1) is 34.3. The molecular weight excluding hydrogens is 606 g/mol. The van der Waals surface area contributed by atoms with Crippen molar-refractivity contribution in [3.63, 3.8) is 0 Å². The molecule has 16 nitrogen and oxygen atoms in total. The van der Waals surface area contributed by atoms with Gasteiger partial charge in [0.15, 0.2) is 5.60 Å². The molecule has 2 fully saturated rings. The standard InChI is InChI=1S/C24H31N5O4.C6H8O7/c1-16-11-18(12-25-22(16)31-2)28-8-4-21-20(14-28)23(27-15-26-21)33-19-3-7-29(13-19)24(30)17-5-9-32-10-6-17;7-3(8)1-6(13,5(11)12)2-4(9)10/h11-12,15,17,19H,3-10,13-14H2,1-2H3;13H,1-2H2,(H,7,8)(H,9,10)(H,11,12)/t19-;/m0./s1. The summed E-state index contributed by atoms with van der Waals surface area (Å²) < 4.78 is 17.1. The highest BCUT2D eigenvalue weighted by Crippen LogP contribution is 2.31. The van der Waals surface area contributed by atoms with Crippen molar-refractivity contribution in [2.45, 2.75) is 63.7 Å². The van der Waals surface area contributed by atoms with E-state index in [1.165, 1.54) is 0 Å². The summed E-state index contributed by atoms with van der Waals surface area (Å²) in [4.78, 5) is 61.0. The van der Waals surface area contributed by atoms with Crippen molar-refractivity contribution in [2.75, 3.05) is 44.9 Å². The zero-order valence-electron chi connectivity index (χ0n) is 25.8. The average molecular weight is 646 g/mol. The summed E-state index contributed by atoms with van der Waals surface area (Å²) in [5.74, 6) is -3.42. The minimum absolute atomic E-state index is 0.0481. The van der Waals surface area contributed by atoms with Crippen LogP contribution in [0.25, 0.3) is 0 Å². The second-order valence-electron chi connectivity index (χ2n) is 11.5. The van der Waals surface area contributed by atoms with E-state index in [4.69, 9.17) is 34.6 Å². The molecular formula is C30H39N5O11. The summed E-state index contributed by atoms with van der Waals surface area (Å²) in [7, 11) is 1.63. The van der Waals surface area contributed by atoms with Crippen LogP contribution in [-0.4, -0.2) is 116 Å². The van der Waals surface area contributed by atoms with E-state index in [1.807, 2.05) is 18.0 Å². The highest BCUT2D eigenvalue weighted by Gasteiger charge is 2.41. The van der Waals surface area contributed by atoms with E-state index in [1.54, 1.807) is 13.4 Å². The van der Waals surface area contributed by atoms with Gasteiger partial charge < -0.3 is 44.4 Å². The van der Waals surface area contributed by atoms with Crippen LogP contribution in [0.3, 0.4) is 0 Å². The maximum absolute atomic E-state index is 12.9. The Hall–Kier alpha value is -4.57. The van der Waals surface area contributed by atoms with E-state index in [-0.39, 0.29) is 17.9 Å². The fourth-order valence-corrected chi connectivity index (χ4v) is 5.67. The second kappa shape index (κ2) is 15.1. The van der Waals surface area contributed by atoms with Gasteiger partial charge >= 0.3 is 17.9 Å². The van der Waals surface area contributed by atoms with Crippen LogP contribution in [0.1, 0.15) is 48.9 Å². The average Bonchev–Trinajstić information content (AvgIpc) is 3.49. The number of anilines is 1. The number of nitrogens with zero attached hydrogens (tertiary/aromatic N) is 5. The number of aryl methyl sites for hydroxylation is 1. The molecule has 5 heterocycles. The normalized spacial score (nSPS) is 18.2. The number of amides is 1. The molecule has 1 atom stereocenters. The maximum Gasteiger partial charge on any atom is 0.336 e. The van der Waals surface area contributed by atoms with Crippen molar-refractivity contribution in [2.24, 2.45) is 5.92 Å². The van der Waals surface area contributed by atoms with Crippen molar-refractivity contribution in [3.05, 3.63) is 35.4 Å². The Balaban J connectivity index is 0.000000315. The molecule has 0 aliphatic carbocycles. The first-order valence-corrected chi connectivity index (χ1v) is 14.9. The van der Waals surface area contributed by atoms with Crippen LogP contribution in [0.2, 0.25) is 0 Å². The van der Waals surface area contributed by atoms with E-state index in [0.29, 0.717) is 38.1 Å². The molecule has 2 saturated heterocycles. The Bertz CT molecular complexity index is 1420. The lowest BCUT2D eigenvalue weighted by Crippen LogP contribution is -2.42. The Morgan fingerprint density at radius 2 is 1.70 bits per heavy atom. The molecule has 4 N–H and O–H groups in total. The van der Waals surface area contributed by atoms with Gasteiger partial charge in [0, 0.05) is 50.6 Å². The number of hydrogen-bond donors (Lipinski definition) is 4. The number of carbonyl (C=O) groups excluding carboxylic acids is 1. The van der Waals surface area contributed by atoms with E-state index >= 15 is 0 Å². The van der Waals surface area contributed by atoms with Gasteiger partial charge in [0.25, 0.3) is 0 Å². The number of carbonyl (C=O) groups is 4. The summed E-state index contributed by atoms with van der Waals surface area (Å²) in [6.45, 7) is 6.22. The minimum atomic E-state index is -2.74. The Kier molecular flexibility index (Phi) is 11.3. The molecule has 0 bridgehead atoms. The lowest BCUT2D eigenvalue weighted by molar-refractivity contribution is -0.170. The second-order valence-corrected chi connectivity index (χ2v) is 11.5. The molecule has 2 aromatic heterocycles. The number of aliphatic carboxylic acids is 3. The number of carboxylic acids is 3. The number of aliphatic hydroxyl groups is 1. The predicted octanol–water partition coefficient (Wildman–Crippen LogP) is 0.909. The molecule has 0 radical (unpaired) electrons. The molecule has 0 unspecified atom stereocenters. The van der Waals surface area contributed by atoms with E-state index in [9.17, 15) is 19.2 Å². The van der Waals surface area contributed by atoms with Crippen LogP contribution >= 0.6 is 0 Å². The molecule has 0 spiro atoms. The number of methoxy groups -OCH3 is 1. The van der Waals surface area contributed by atoms with Gasteiger partial charge in [-0.3, -0.25) is 14.4 Å². The topological polar surface area (TPSA) is 222 Å². The summed E-state index contributed by atoms with van der Waals surface area (Å²) in [5.41, 5.74) is 1.36. The van der Waals surface area contributed by atoms with E-state index < -0.39 is 36.4 Å². The van der Waals surface area contributed by atoms with Gasteiger partial charge in [-0.25, -0.2) is 19.7 Å². The van der Waals surface area contributed by atoms with Crippen LogP contribution in [-0.2, 0) is 36.9 Å². The van der Waals surface area contributed by atoms with Crippen molar-refractivity contribution < 1.29 is 53.8 Å². The third-order valence-electron chi connectivity index (χ3n) is 8.13. The van der Waals surface area contributed by atoms with Gasteiger partial charge in [0.1, 0.15) is 12.4 Å². The number of ether oxygens (including phenoxy) is 3. The van der Waals surface area contributed by atoms with Crippen molar-refractivity contribution in [1.29, 1.82) is 0 Å². The summed E-state index contributed by atoms with van der Waals surface area (Å²) in [6, 6.07) is 2.10. The fraction of sp³-hybridized carbons (Fsp3) is 0.567. The molecule has 3 aliphatic rings. The maximum atomic E-state index is 12.9. The Labute approximate surface area is 264 Å². The number of rotatable bonds is 10. The summed E-state index contributed by atoms with van der Waals surface area (Å²) in [6.07, 6.45) is 4.36. The van der Waals surface area contributed by atoms with Gasteiger partial charge in [-0.15, -0.1) is 0 Å². The molecule has 2 aromatic rings. The van der Waals surface area contributed by atoms with E-state index in [0.717, 1.165) is 61.3 Å². The highest BCUT2D eigenvalue weighted by atomic mass is 16.5. The third-order valence-corrected chi connectivity index (χ3v) is 8.13. The zero-order valence-corrected chi connectivity index (χ0v) is 25.8. The molecule has 0 saturated carbocycles. The SMILES string of the molecule is COc1ncc(N2CCc3ncnc(O[C@H]4CCN(C(=O)C5CCOCC5)C4)c3C2)cc1C.O=C(O)CC(O)(CC(=O)O)C(=O)O. The third kappa shape index (κ3) is 8.57. The quantitative estimate of drug-likeness (QED) is 0.282. The van der Waals surface area contributed by atoms with Gasteiger partial charge in [-0.1, -0.05) is 0 Å². The zero-order chi connectivity index (χ0) is 33.4. The summed E-state index contributed by atoms with van der Waals surface area (Å²) >= 11 is 0. The lowest BCUT2D eigenvalue weighted by Gasteiger charge is -2.31. The van der Waals surface area contributed by atoms with E-state index in [2.05, 4.69) is 25.9 Å². The number of hydrogen-bond acceptors (Lipinski definition) is 12. The molecule has 250 valence electrons. The smallest absolute Gasteiger partial charge is 0.336 e. The number of carboxylic acid groups (broad SMARTS) is 3. The van der Waals surface area contributed by atoms with Crippen LogP contribution in [0, 0.1) is 12.8 Å². The van der Waals surface area contributed by atoms with Gasteiger partial charge in [0.2, 0.25) is 17.7 Å². The van der Waals surface area contributed by atoms with Crippen LogP contribution in [0.5, 0.6) is 11.8 Å². The predicted molar refractivity (Wildman–Crippen MR) is 159 cm³/mol. The van der Waals surface area contributed by atoms with Gasteiger partial charge in [-0.2, -0.15) is 0 Å². The van der Waals surface area contributed by atoms with Crippen LogP contribution in [0.4, 0.5) is 5.69 Å². The Morgan fingerprint density at radius 1 is 1.00 bits per heavy atom. The van der Waals surface area contributed by atoms with Crippen molar-refractivity contribution >= 4 is 29.5 Å². The van der Waals surface area contributed by atoms with Crippen molar-refractivity contribution in [3.8, 4) is 11.8 Å². The van der Waals surface area contributed by atoms with Gasteiger partial charge in [-0.05, 0) is 25.8 Å². The number of aromatic nitrogens is 3. The molecule has 16 heteroatoms. The lowest BCUT2D eigenvalue weighted by atomic mass is 9.96. The number of likely N-dealkylation sites (tertiary alicyclic amines) is 1.